The maximum Gasteiger partial charge on any atom is 0.478 e. The molecular weight excluding hydrogens is 1950 g/mol. The molecule has 0 radical (unpaired) electrons. The molecule has 0 spiro atoms. The molecule has 19 aromatic rings. The van der Waals surface area contributed by atoms with Crippen LogP contribution in [0.4, 0.5) is 0 Å². The molecule has 23 rings (SSSR count). The second kappa shape index (κ2) is 52.3. The van der Waals surface area contributed by atoms with Crippen LogP contribution < -0.4 is 74.6 Å². The van der Waals surface area contributed by atoms with Crippen molar-refractivity contribution in [3.8, 4) is 22.3 Å². The van der Waals surface area contributed by atoms with Crippen LogP contribution in [0.25, 0.3) is 51.6 Å². The van der Waals surface area contributed by atoms with Crippen LogP contribution in [0.2, 0.25) is 0 Å². The molecule has 0 unspecified atom stereocenters. The number of hydrogen-bond acceptors (Lipinski definition) is 3. The van der Waals surface area contributed by atoms with Crippen LogP contribution in [-0.2, 0) is 44.3 Å². The van der Waals surface area contributed by atoms with Gasteiger partial charge in [0.1, 0.15) is 0 Å². The van der Waals surface area contributed by atoms with Crippen molar-refractivity contribution in [2.45, 2.75) is 74.7 Å². The Balaban J connectivity index is 0.000000127. The number of hydrogen-bond donors (Lipinski definition) is 2. The SMILES string of the molecule is CC.Cc1ccc(C)c2c1C=C(Br)C2.Cc1ccc(C)c2c1C=C(c1ccccc1-c1ccccc1C1=Cc3c(C)ccc(C)c3C1)C2.OB1OB(O)c2ccccc2-c2ccccc21.[Pd].c1ccc(P(c2ccccc2)c2ccccc2)cc1.c1ccc(P(c2ccccc2)c2ccccc2)cc1.c1ccc(P(c2ccccc2)c2ccccc2)cc1.c1ccc(P(c2ccccc2)c2ccccc2)cc1. The topological polar surface area (TPSA) is 49.7 Å². The van der Waals surface area contributed by atoms with E-state index in [-0.39, 0.29) is 20.4 Å². The summed E-state index contributed by atoms with van der Waals surface area (Å²) in [7, 11) is -3.99. The van der Waals surface area contributed by atoms with Crippen LogP contribution in [0.5, 0.6) is 0 Å². The number of aryl methyl sites for hydroxylation is 6. The summed E-state index contributed by atoms with van der Waals surface area (Å²) < 4.78 is 6.48. The van der Waals surface area contributed by atoms with Crippen LogP contribution >= 0.6 is 47.6 Å². The van der Waals surface area contributed by atoms with Gasteiger partial charge in [0.25, 0.3) is 0 Å². The fraction of sp³-hybridized carbons (Fsp3) is 0.0840. The van der Waals surface area contributed by atoms with Crippen LogP contribution in [0.1, 0.15) is 91.7 Å². The van der Waals surface area contributed by atoms with E-state index in [4.69, 9.17) is 4.57 Å². The van der Waals surface area contributed by atoms with E-state index in [1.807, 2.05) is 50.2 Å². The summed E-state index contributed by atoms with van der Waals surface area (Å²) in [5.41, 5.74) is 28.4. The van der Waals surface area contributed by atoms with Gasteiger partial charge in [0.15, 0.2) is 0 Å². The van der Waals surface area contributed by atoms with E-state index in [1.165, 1.54) is 168 Å². The predicted octanol–water partition coefficient (Wildman–Crippen LogP) is 26.9. The predicted molar refractivity (Wildman–Crippen MR) is 624 cm³/mol. The van der Waals surface area contributed by atoms with Gasteiger partial charge in [-0.2, -0.15) is 0 Å². The number of rotatable bonds is 15. The molecule has 1 heterocycles. The smallest absolute Gasteiger partial charge is 0.443 e. The summed E-state index contributed by atoms with van der Waals surface area (Å²) in [4.78, 5) is 0. The van der Waals surface area contributed by atoms with Gasteiger partial charge >= 0.3 is 14.2 Å². The van der Waals surface area contributed by atoms with Gasteiger partial charge in [0.2, 0.25) is 0 Å². The molecule has 3 nitrogen and oxygen atoms in total. The Bertz CT molecular complexity index is 6330. The van der Waals surface area contributed by atoms with E-state index in [9.17, 15) is 10.0 Å². The molecular formula is C131H117B2BrO3P4Pd. The van der Waals surface area contributed by atoms with Gasteiger partial charge in [0.05, 0.1) is 0 Å². The first-order chi connectivity index (χ1) is 69.3. The van der Waals surface area contributed by atoms with Gasteiger partial charge in [-0.15, -0.1) is 0 Å². The maximum atomic E-state index is 9.90. The number of benzene rings is 19. The van der Waals surface area contributed by atoms with Gasteiger partial charge in [-0.05, 0) is 278 Å². The Morgan fingerprint density at radius 2 is 0.373 bits per heavy atom. The fourth-order valence-corrected chi connectivity index (χ4v) is 28.2. The third kappa shape index (κ3) is 26.2. The third-order valence-corrected chi connectivity index (χ3v) is 35.7. The van der Waals surface area contributed by atoms with E-state index >= 15 is 0 Å². The number of halogens is 1. The molecule has 0 bridgehead atoms. The van der Waals surface area contributed by atoms with Crippen LogP contribution in [0.15, 0.2) is 502 Å². The first kappa shape index (κ1) is 104. The standard InChI is InChI=1S/C34H30.4C18H15P.C12H10B2O3.C11H11Br.C2H6.Pd/c1-21-13-14-22(2)32-18-25(17-31(21)32)27-9-5-7-11-29(27)30-12-8-6-10-28(30)26-19-33-23(3)15-16-24(4)34(33)20-26;4*1-4-10-16(11-5-1)19(17-12-6-2-7-13-17)18-14-8-3-9-15-18;15-13-11-7-3-1-5-9(11)10-6-2-4-8-12(10)14(16)17-13;1-7-3-4-8(2)11-6-9(12)5-10(7)11;1-2;/h5-17,19H,18,20H2,1-4H3;4*1-15H;1-8,15-16H;3-5H,6H2,1-2H3;1-2H3;. The van der Waals surface area contributed by atoms with Crippen molar-refractivity contribution in [2.75, 3.05) is 0 Å². The molecule has 0 aromatic heterocycles. The van der Waals surface area contributed by atoms with Gasteiger partial charge in [0, 0.05) is 31.3 Å². The second-order valence-corrected chi connectivity index (χ2v) is 44.6. The van der Waals surface area contributed by atoms with Crippen molar-refractivity contribution in [1.29, 1.82) is 0 Å². The van der Waals surface area contributed by atoms with Crippen LogP contribution in [-0.4, -0.2) is 24.3 Å². The summed E-state index contributed by atoms with van der Waals surface area (Å²) >= 11 is 3.55. The molecule has 2 N–H and O–H groups in total. The van der Waals surface area contributed by atoms with Crippen molar-refractivity contribution in [3.05, 3.63) is 580 Å². The van der Waals surface area contributed by atoms with Gasteiger partial charge in [-0.25, -0.2) is 0 Å². The molecule has 702 valence electrons. The minimum atomic E-state index is -1.10. The quantitative estimate of drug-likeness (QED) is 0.0794. The molecule has 3 aliphatic carbocycles. The first-order valence-corrected chi connectivity index (χ1v) is 54.7. The first-order valence-electron chi connectivity index (χ1n) is 48.5. The second-order valence-electron chi connectivity index (χ2n) is 34.7. The van der Waals surface area contributed by atoms with Gasteiger partial charge < -0.3 is 14.6 Å². The molecule has 142 heavy (non-hydrogen) atoms. The third-order valence-electron chi connectivity index (χ3n) is 25.5. The molecule has 4 aliphatic rings. The Labute approximate surface area is 870 Å². The summed E-state index contributed by atoms with van der Waals surface area (Å²) in [5, 5.41) is 36.6. The monoisotopic (exact) mass is 2070 g/mol. The Kier molecular flexibility index (Phi) is 38.2. The average Bonchev–Trinajstić information content (AvgIpc) is 1.61. The normalized spacial score (nSPS) is 12.0. The zero-order valence-corrected chi connectivity index (χ0v) is 88.4. The fourth-order valence-electron chi connectivity index (χ4n) is 18.4. The van der Waals surface area contributed by atoms with Crippen molar-refractivity contribution in [1.82, 2.24) is 0 Å². The largest absolute Gasteiger partial charge is 0.478 e. The van der Waals surface area contributed by atoms with E-state index in [0.717, 1.165) is 30.4 Å². The molecule has 11 heteroatoms. The molecule has 0 fully saturated rings. The van der Waals surface area contributed by atoms with E-state index in [1.54, 1.807) is 12.1 Å². The maximum absolute atomic E-state index is 9.90. The van der Waals surface area contributed by atoms with E-state index in [0.29, 0.717) is 10.9 Å². The Morgan fingerprint density at radius 1 is 0.204 bits per heavy atom. The van der Waals surface area contributed by atoms with Crippen molar-refractivity contribution in [3.63, 3.8) is 0 Å². The Hall–Kier alpha value is -12.7. The average molecular weight is 2070 g/mol. The molecule has 0 saturated heterocycles. The summed E-state index contributed by atoms with van der Waals surface area (Å²) in [5.74, 6) is 0. The van der Waals surface area contributed by atoms with Crippen molar-refractivity contribution in [2.24, 2.45) is 0 Å². The summed E-state index contributed by atoms with van der Waals surface area (Å²) in [6.45, 7) is 17.3. The van der Waals surface area contributed by atoms with Gasteiger partial charge in [-0.1, -0.05) is 539 Å². The van der Waals surface area contributed by atoms with E-state index in [2.05, 4.69) is 525 Å². The van der Waals surface area contributed by atoms with Crippen molar-refractivity contribution < 1.29 is 35.0 Å². The number of allylic oxidation sites excluding steroid dienone is 3. The molecule has 19 aromatic carbocycles. The van der Waals surface area contributed by atoms with Crippen LogP contribution in [0, 0.1) is 41.5 Å². The zero-order chi connectivity index (χ0) is 97.6. The number of fused-ring (bicyclic) bond motifs is 6. The van der Waals surface area contributed by atoms with Gasteiger partial charge in [-0.3, -0.25) is 0 Å². The molecule has 0 atom stereocenters. The Morgan fingerprint density at radius 3 is 0.577 bits per heavy atom. The van der Waals surface area contributed by atoms with E-state index < -0.39 is 45.9 Å². The summed E-state index contributed by atoms with van der Waals surface area (Å²) in [6.07, 6.45) is 10.2. The molecule has 0 saturated carbocycles. The van der Waals surface area contributed by atoms with Crippen LogP contribution in [0.3, 0.4) is 0 Å². The molecule has 0 amide bonds. The minimum absolute atomic E-state index is 0. The van der Waals surface area contributed by atoms with Crippen molar-refractivity contribution >= 4 is 166 Å². The molecule has 1 aliphatic heterocycles. The summed E-state index contributed by atoms with van der Waals surface area (Å²) in [6, 6.07) is 176. The zero-order valence-electron chi connectivity index (χ0n) is 81.6. The minimum Gasteiger partial charge on any atom is -0.443 e.